The van der Waals surface area contributed by atoms with Gasteiger partial charge in [-0.2, -0.15) is 0 Å². The van der Waals surface area contributed by atoms with Crippen LogP contribution >= 0.6 is 11.8 Å². The minimum absolute atomic E-state index is 0.905. The fourth-order valence-electron chi connectivity index (χ4n) is 2.59. The van der Waals surface area contributed by atoms with Crippen LogP contribution in [0.15, 0.2) is 40.5 Å². The SMILES string of the molecule is CSc1nnc(CCCNC2=NCCC2)n1-c1ccccc1. The first-order valence-electron chi connectivity index (χ1n) is 7.69. The maximum Gasteiger partial charge on any atom is 0.195 e. The molecule has 2 heterocycles. The number of amidine groups is 1. The van der Waals surface area contributed by atoms with Gasteiger partial charge < -0.3 is 5.32 Å². The van der Waals surface area contributed by atoms with Crippen molar-refractivity contribution in [2.24, 2.45) is 4.99 Å². The molecule has 6 heteroatoms. The highest BCUT2D eigenvalue weighted by Crippen LogP contribution is 2.20. The highest BCUT2D eigenvalue weighted by molar-refractivity contribution is 7.98. The fourth-order valence-corrected chi connectivity index (χ4v) is 3.11. The lowest BCUT2D eigenvalue weighted by molar-refractivity contribution is 0.716. The zero-order valence-corrected chi connectivity index (χ0v) is 13.6. The van der Waals surface area contributed by atoms with E-state index in [0.29, 0.717) is 0 Å². The van der Waals surface area contributed by atoms with Crippen LogP contribution in [0, 0.1) is 0 Å². The van der Waals surface area contributed by atoms with Gasteiger partial charge in [0.1, 0.15) is 5.82 Å². The van der Waals surface area contributed by atoms with E-state index < -0.39 is 0 Å². The van der Waals surface area contributed by atoms with Crippen LogP contribution in [0.1, 0.15) is 25.1 Å². The smallest absolute Gasteiger partial charge is 0.195 e. The van der Waals surface area contributed by atoms with Gasteiger partial charge in [-0.3, -0.25) is 9.56 Å². The van der Waals surface area contributed by atoms with Crippen LogP contribution in [0.25, 0.3) is 5.69 Å². The normalized spacial score (nSPS) is 14.1. The number of nitrogens with zero attached hydrogens (tertiary/aromatic N) is 4. The summed E-state index contributed by atoms with van der Waals surface area (Å²) in [7, 11) is 0. The molecule has 0 fully saturated rings. The second kappa shape index (κ2) is 7.45. The van der Waals surface area contributed by atoms with Crippen molar-refractivity contribution in [1.82, 2.24) is 20.1 Å². The number of aromatic nitrogens is 3. The van der Waals surface area contributed by atoms with Gasteiger partial charge in [0.05, 0.1) is 5.84 Å². The summed E-state index contributed by atoms with van der Waals surface area (Å²) in [6, 6.07) is 10.3. The highest BCUT2D eigenvalue weighted by Gasteiger charge is 2.13. The number of hydrogen-bond donors (Lipinski definition) is 1. The quantitative estimate of drug-likeness (QED) is 0.658. The van der Waals surface area contributed by atoms with Gasteiger partial charge in [0.15, 0.2) is 5.16 Å². The van der Waals surface area contributed by atoms with E-state index in [1.807, 2.05) is 24.5 Å². The van der Waals surface area contributed by atoms with Gasteiger partial charge in [-0.1, -0.05) is 30.0 Å². The molecule has 2 aromatic rings. The molecule has 5 nitrogen and oxygen atoms in total. The van der Waals surface area contributed by atoms with Gasteiger partial charge in [0.25, 0.3) is 0 Å². The Kier molecular flexibility index (Phi) is 5.11. The molecule has 0 spiro atoms. The van der Waals surface area contributed by atoms with Crippen LogP contribution in [0.3, 0.4) is 0 Å². The van der Waals surface area contributed by atoms with E-state index in [0.717, 1.165) is 54.9 Å². The second-order valence-electron chi connectivity index (χ2n) is 5.24. The first kappa shape index (κ1) is 15.1. The molecule has 3 rings (SSSR count). The second-order valence-corrected chi connectivity index (χ2v) is 6.01. The molecule has 0 amide bonds. The first-order valence-corrected chi connectivity index (χ1v) is 8.92. The Bertz CT molecular complexity index is 635. The van der Waals surface area contributed by atoms with Crippen molar-refractivity contribution in [1.29, 1.82) is 0 Å². The Labute approximate surface area is 135 Å². The molecule has 0 aliphatic carbocycles. The summed E-state index contributed by atoms with van der Waals surface area (Å²) in [5, 5.41) is 13.0. The van der Waals surface area contributed by atoms with Crippen LogP contribution in [-0.4, -0.2) is 39.9 Å². The predicted octanol–water partition coefficient (Wildman–Crippen LogP) is 2.70. The molecule has 1 aromatic carbocycles. The van der Waals surface area contributed by atoms with Gasteiger partial charge in [-0.05, 0) is 31.2 Å². The number of para-hydroxylation sites is 1. The summed E-state index contributed by atoms with van der Waals surface area (Å²) in [5.41, 5.74) is 1.12. The van der Waals surface area contributed by atoms with Crippen molar-refractivity contribution in [2.45, 2.75) is 30.8 Å². The Morgan fingerprint density at radius 3 is 2.82 bits per heavy atom. The van der Waals surface area contributed by atoms with Gasteiger partial charge in [0, 0.05) is 31.6 Å². The van der Waals surface area contributed by atoms with Crippen LogP contribution in [0.4, 0.5) is 0 Å². The van der Waals surface area contributed by atoms with E-state index in [9.17, 15) is 0 Å². The van der Waals surface area contributed by atoms with E-state index in [2.05, 4.69) is 37.2 Å². The molecule has 22 heavy (non-hydrogen) atoms. The molecule has 116 valence electrons. The minimum atomic E-state index is 0.905. The Balaban J connectivity index is 1.64. The maximum absolute atomic E-state index is 4.43. The molecule has 0 unspecified atom stereocenters. The van der Waals surface area contributed by atoms with Gasteiger partial charge >= 0.3 is 0 Å². The van der Waals surface area contributed by atoms with E-state index in [1.54, 1.807) is 11.8 Å². The summed E-state index contributed by atoms with van der Waals surface area (Å²) in [6.45, 7) is 1.91. The van der Waals surface area contributed by atoms with Crippen molar-refractivity contribution in [3.63, 3.8) is 0 Å². The molecule has 0 atom stereocenters. The molecule has 1 aromatic heterocycles. The van der Waals surface area contributed by atoms with Crippen LogP contribution in [-0.2, 0) is 6.42 Å². The standard InChI is InChI=1S/C16H21N5S/c1-22-16-20-19-15(21(16)13-7-3-2-4-8-13)10-6-12-18-14-9-5-11-17-14/h2-4,7-8H,5-6,9-12H2,1H3,(H,17,18). The molecule has 1 aliphatic heterocycles. The highest BCUT2D eigenvalue weighted by atomic mass is 32.2. The molecule has 1 aliphatic rings. The monoisotopic (exact) mass is 315 g/mol. The summed E-state index contributed by atoms with van der Waals surface area (Å²) in [6.07, 6.45) is 6.24. The van der Waals surface area contributed by atoms with Crippen LogP contribution in [0.2, 0.25) is 0 Å². The molecular formula is C16H21N5S. The van der Waals surface area contributed by atoms with E-state index in [-0.39, 0.29) is 0 Å². The Morgan fingerprint density at radius 2 is 2.09 bits per heavy atom. The summed E-state index contributed by atoms with van der Waals surface area (Å²) >= 11 is 1.63. The fraction of sp³-hybridized carbons (Fsp3) is 0.438. The van der Waals surface area contributed by atoms with Crippen molar-refractivity contribution in [3.8, 4) is 5.69 Å². The summed E-state index contributed by atoms with van der Waals surface area (Å²) in [4.78, 5) is 4.43. The van der Waals surface area contributed by atoms with Crippen LogP contribution in [0.5, 0.6) is 0 Å². The number of benzene rings is 1. The maximum atomic E-state index is 4.43. The molecule has 0 saturated heterocycles. The molecular weight excluding hydrogens is 294 g/mol. The lowest BCUT2D eigenvalue weighted by atomic mass is 10.2. The minimum Gasteiger partial charge on any atom is -0.374 e. The van der Waals surface area contributed by atoms with Gasteiger partial charge in [-0.25, -0.2) is 0 Å². The molecule has 1 N–H and O–H groups in total. The van der Waals surface area contributed by atoms with Crippen molar-refractivity contribution < 1.29 is 0 Å². The van der Waals surface area contributed by atoms with E-state index in [1.165, 1.54) is 6.42 Å². The van der Waals surface area contributed by atoms with Gasteiger partial charge in [-0.15, -0.1) is 10.2 Å². The number of nitrogens with one attached hydrogen (secondary N) is 1. The average molecular weight is 315 g/mol. The zero-order chi connectivity index (χ0) is 15.2. The predicted molar refractivity (Wildman–Crippen MR) is 91.0 cm³/mol. The lowest BCUT2D eigenvalue weighted by Gasteiger charge is -2.09. The van der Waals surface area contributed by atoms with E-state index in [4.69, 9.17) is 0 Å². The third-order valence-corrected chi connectivity index (χ3v) is 4.31. The Hall–Kier alpha value is -1.82. The number of hydrogen-bond acceptors (Lipinski definition) is 5. The zero-order valence-electron chi connectivity index (χ0n) is 12.8. The third-order valence-electron chi connectivity index (χ3n) is 3.68. The number of aryl methyl sites for hydroxylation is 1. The van der Waals surface area contributed by atoms with Gasteiger partial charge in [0.2, 0.25) is 0 Å². The summed E-state index contributed by atoms with van der Waals surface area (Å²) in [5.74, 6) is 2.18. The Morgan fingerprint density at radius 1 is 1.23 bits per heavy atom. The van der Waals surface area contributed by atoms with Crippen molar-refractivity contribution in [3.05, 3.63) is 36.2 Å². The molecule has 0 radical (unpaired) electrons. The summed E-state index contributed by atoms with van der Waals surface area (Å²) < 4.78 is 2.15. The van der Waals surface area contributed by atoms with Crippen molar-refractivity contribution in [2.75, 3.05) is 19.3 Å². The largest absolute Gasteiger partial charge is 0.374 e. The van der Waals surface area contributed by atoms with Crippen LogP contribution < -0.4 is 5.32 Å². The number of thioether (sulfide) groups is 1. The first-order chi connectivity index (χ1) is 10.9. The lowest BCUT2D eigenvalue weighted by Crippen LogP contribution is -2.23. The number of aliphatic imine (C=N–C) groups is 1. The topological polar surface area (TPSA) is 55.1 Å². The molecule has 0 saturated carbocycles. The molecule has 0 bridgehead atoms. The van der Waals surface area contributed by atoms with E-state index >= 15 is 0 Å². The average Bonchev–Trinajstić information content (AvgIpc) is 3.21. The number of rotatable bonds is 6. The van der Waals surface area contributed by atoms with Crippen molar-refractivity contribution >= 4 is 17.6 Å². The third kappa shape index (κ3) is 3.50.